The smallest absolute Gasteiger partial charge is 0.325 e. The fraction of sp³-hybridized carbons (Fsp3) is 0.750. The minimum absolute atomic E-state index is 0.285. The Morgan fingerprint density at radius 1 is 1.67 bits per heavy atom. The van der Waals surface area contributed by atoms with Crippen LogP contribution in [0.25, 0.3) is 0 Å². The molecule has 0 radical (unpaired) electrons. The van der Waals surface area contributed by atoms with Crippen molar-refractivity contribution >= 4 is 12.2 Å². The maximum Gasteiger partial charge on any atom is 0.325 e. The highest BCUT2D eigenvalue weighted by Crippen LogP contribution is 2.03. The van der Waals surface area contributed by atoms with Crippen LogP contribution in [0.15, 0.2) is 0 Å². The number of ether oxygens (including phenoxy) is 1. The molecule has 0 bridgehead atoms. The van der Waals surface area contributed by atoms with Gasteiger partial charge < -0.3 is 15.5 Å². The van der Waals surface area contributed by atoms with Gasteiger partial charge in [0.25, 0.3) is 0 Å². The van der Waals surface area contributed by atoms with Crippen molar-refractivity contribution in [2.24, 2.45) is 0 Å². The maximum atomic E-state index is 11.1. The molecule has 0 aliphatic rings. The van der Waals surface area contributed by atoms with Gasteiger partial charge in [-0.1, -0.05) is 0 Å². The third kappa shape index (κ3) is 3.48. The van der Waals surface area contributed by atoms with E-state index in [0.717, 1.165) is 0 Å². The second-order valence-electron chi connectivity index (χ2n) is 3.04. The van der Waals surface area contributed by atoms with Crippen molar-refractivity contribution in [3.05, 3.63) is 0 Å². The zero-order valence-electron chi connectivity index (χ0n) is 7.81. The Balaban J connectivity index is 3.86. The Morgan fingerprint density at radius 3 is 2.67 bits per heavy atom. The Hall–Kier alpha value is -0.900. The van der Waals surface area contributed by atoms with Gasteiger partial charge in [0.15, 0.2) is 0 Å². The summed E-state index contributed by atoms with van der Waals surface area (Å²) in [5.41, 5.74) is -0.655. The van der Waals surface area contributed by atoms with E-state index < -0.39 is 5.54 Å². The molecule has 12 heavy (non-hydrogen) atoms. The standard InChI is InChI=1S/C8H16N2O2/c1-8(2,7(11)12-3)10-6-4-5-9/h5,9-10H,4,6H2,1-3H3. The number of carbonyl (C=O) groups excluding carboxylic acids is 1. The highest BCUT2D eigenvalue weighted by Gasteiger charge is 2.26. The summed E-state index contributed by atoms with van der Waals surface area (Å²) in [6, 6.07) is 0. The van der Waals surface area contributed by atoms with E-state index in [1.54, 1.807) is 13.8 Å². The molecule has 0 aromatic heterocycles. The van der Waals surface area contributed by atoms with E-state index in [1.807, 2.05) is 0 Å². The fourth-order valence-corrected chi connectivity index (χ4v) is 0.784. The number of carbonyl (C=O) groups is 1. The van der Waals surface area contributed by atoms with Crippen LogP contribution in [0.1, 0.15) is 20.3 Å². The summed E-state index contributed by atoms with van der Waals surface area (Å²) in [6.45, 7) is 4.12. The predicted molar refractivity (Wildman–Crippen MR) is 47.5 cm³/mol. The maximum absolute atomic E-state index is 11.1. The summed E-state index contributed by atoms with van der Waals surface area (Å²) >= 11 is 0. The van der Waals surface area contributed by atoms with Crippen molar-refractivity contribution in [2.45, 2.75) is 25.8 Å². The number of nitrogens with one attached hydrogen (secondary N) is 2. The van der Waals surface area contributed by atoms with Crippen molar-refractivity contribution in [3.8, 4) is 0 Å². The molecule has 0 aromatic rings. The monoisotopic (exact) mass is 172 g/mol. The molecule has 4 nitrogen and oxygen atoms in total. The van der Waals surface area contributed by atoms with Crippen molar-refractivity contribution in [3.63, 3.8) is 0 Å². The van der Waals surface area contributed by atoms with Crippen LogP contribution in [-0.4, -0.2) is 31.4 Å². The van der Waals surface area contributed by atoms with Crippen LogP contribution in [0.2, 0.25) is 0 Å². The molecule has 0 aliphatic heterocycles. The van der Waals surface area contributed by atoms with Gasteiger partial charge in [0.2, 0.25) is 0 Å². The minimum Gasteiger partial charge on any atom is -0.468 e. The molecule has 0 saturated carbocycles. The SMILES string of the molecule is COC(=O)C(C)(C)NCCC=N. The lowest BCUT2D eigenvalue weighted by Gasteiger charge is -2.22. The highest BCUT2D eigenvalue weighted by atomic mass is 16.5. The molecule has 0 atom stereocenters. The van der Waals surface area contributed by atoms with Gasteiger partial charge in [-0.05, 0) is 26.5 Å². The zero-order valence-corrected chi connectivity index (χ0v) is 7.81. The van der Waals surface area contributed by atoms with E-state index in [2.05, 4.69) is 10.1 Å². The van der Waals surface area contributed by atoms with E-state index in [9.17, 15) is 4.79 Å². The third-order valence-corrected chi connectivity index (χ3v) is 1.55. The summed E-state index contributed by atoms with van der Waals surface area (Å²) in [6.07, 6.45) is 1.93. The highest BCUT2D eigenvalue weighted by molar-refractivity contribution is 5.79. The van der Waals surface area contributed by atoms with Crippen molar-refractivity contribution < 1.29 is 9.53 Å². The average molecular weight is 172 g/mol. The first-order chi connectivity index (χ1) is 5.54. The summed E-state index contributed by atoms with van der Waals surface area (Å²) < 4.78 is 4.59. The van der Waals surface area contributed by atoms with E-state index in [0.29, 0.717) is 13.0 Å². The molecule has 0 aromatic carbocycles. The zero-order chi connectivity index (χ0) is 9.61. The Kier molecular flexibility index (Phi) is 4.51. The molecule has 4 heteroatoms. The summed E-state index contributed by atoms with van der Waals surface area (Å²) in [5.74, 6) is -0.285. The average Bonchev–Trinajstić information content (AvgIpc) is 2.03. The minimum atomic E-state index is -0.655. The van der Waals surface area contributed by atoms with Crippen LogP contribution < -0.4 is 5.32 Å². The fourth-order valence-electron chi connectivity index (χ4n) is 0.784. The molecular weight excluding hydrogens is 156 g/mol. The molecule has 0 saturated heterocycles. The first-order valence-electron chi connectivity index (χ1n) is 3.87. The number of rotatable bonds is 5. The van der Waals surface area contributed by atoms with Gasteiger partial charge in [0.05, 0.1) is 7.11 Å². The number of methoxy groups -OCH3 is 1. The van der Waals surface area contributed by atoms with Crippen molar-refractivity contribution in [1.29, 1.82) is 5.41 Å². The molecule has 70 valence electrons. The van der Waals surface area contributed by atoms with Crippen LogP contribution in [0.5, 0.6) is 0 Å². The number of hydrogen-bond acceptors (Lipinski definition) is 4. The molecule has 0 heterocycles. The summed E-state index contributed by atoms with van der Waals surface area (Å²) in [7, 11) is 1.36. The molecule has 2 N–H and O–H groups in total. The molecule has 0 rings (SSSR count). The van der Waals surface area contributed by atoms with Crippen LogP contribution in [0.4, 0.5) is 0 Å². The van der Waals surface area contributed by atoms with Crippen LogP contribution in [-0.2, 0) is 9.53 Å². The van der Waals surface area contributed by atoms with E-state index in [4.69, 9.17) is 5.41 Å². The molecule has 0 unspecified atom stereocenters. The van der Waals surface area contributed by atoms with Crippen molar-refractivity contribution in [1.82, 2.24) is 5.32 Å². The quantitative estimate of drug-likeness (QED) is 0.362. The molecule has 0 fully saturated rings. The number of esters is 1. The van der Waals surface area contributed by atoms with E-state index >= 15 is 0 Å². The van der Waals surface area contributed by atoms with E-state index in [-0.39, 0.29) is 5.97 Å². The Bertz CT molecular complexity index is 166. The second-order valence-corrected chi connectivity index (χ2v) is 3.04. The summed E-state index contributed by atoms with van der Waals surface area (Å²) in [5, 5.41) is 9.77. The van der Waals surface area contributed by atoms with Gasteiger partial charge in [0.1, 0.15) is 5.54 Å². The normalized spacial score (nSPS) is 10.9. The first-order valence-corrected chi connectivity index (χ1v) is 3.87. The van der Waals surface area contributed by atoms with Crippen LogP contribution in [0, 0.1) is 5.41 Å². The topological polar surface area (TPSA) is 62.2 Å². The lowest BCUT2D eigenvalue weighted by Crippen LogP contribution is -2.47. The van der Waals surface area contributed by atoms with Gasteiger partial charge in [-0.25, -0.2) is 0 Å². The van der Waals surface area contributed by atoms with Gasteiger partial charge in [-0.2, -0.15) is 0 Å². The largest absolute Gasteiger partial charge is 0.468 e. The molecular formula is C8H16N2O2. The third-order valence-electron chi connectivity index (χ3n) is 1.55. The first kappa shape index (κ1) is 11.1. The van der Waals surface area contributed by atoms with Gasteiger partial charge >= 0.3 is 5.97 Å². The van der Waals surface area contributed by atoms with Crippen LogP contribution in [0.3, 0.4) is 0 Å². The Morgan fingerprint density at radius 2 is 2.25 bits per heavy atom. The lowest BCUT2D eigenvalue weighted by atomic mass is 10.1. The van der Waals surface area contributed by atoms with Crippen molar-refractivity contribution in [2.75, 3.05) is 13.7 Å². The predicted octanol–water partition coefficient (Wildman–Crippen LogP) is 0.567. The van der Waals surface area contributed by atoms with Crippen LogP contribution >= 0.6 is 0 Å². The molecule has 0 amide bonds. The van der Waals surface area contributed by atoms with Gasteiger partial charge in [0, 0.05) is 6.54 Å². The second kappa shape index (κ2) is 4.87. The number of hydrogen-bond donors (Lipinski definition) is 2. The van der Waals surface area contributed by atoms with Gasteiger partial charge in [-0.15, -0.1) is 0 Å². The lowest BCUT2D eigenvalue weighted by molar-refractivity contribution is -0.147. The summed E-state index contributed by atoms with van der Waals surface area (Å²) in [4.78, 5) is 11.1. The molecule has 0 aliphatic carbocycles. The van der Waals surface area contributed by atoms with E-state index in [1.165, 1.54) is 13.3 Å². The Labute approximate surface area is 72.8 Å². The molecule has 0 spiro atoms. The van der Waals surface area contributed by atoms with Gasteiger partial charge in [-0.3, -0.25) is 4.79 Å².